The molecule has 0 spiro atoms. The summed E-state index contributed by atoms with van der Waals surface area (Å²) in [7, 11) is -10.00. The van der Waals surface area contributed by atoms with E-state index in [9.17, 15) is 43.2 Å². The molecular weight excluding hydrogens is 1330 g/mol. The van der Waals surface area contributed by atoms with Crippen LogP contribution in [0.1, 0.15) is 297 Å². The lowest BCUT2D eigenvalue weighted by molar-refractivity contribution is -0.161. The van der Waals surface area contributed by atoms with Crippen LogP contribution in [-0.2, 0) is 65.4 Å². The van der Waals surface area contributed by atoms with Crippen LogP contribution < -0.4 is 0 Å². The summed E-state index contributed by atoms with van der Waals surface area (Å²) in [5.41, 5.74) is 0. The van der Waals surface area contributed by atoms with Crippen LogP contribution in [0.15, 0.2) is 146 Å². The van der Waals surface area contributed by atoms with Gasteiger partial charge in [-0.1, -0.05) is 296 Å². The zero-order chi connectivity index (χ0) is 74.6. The van der Waals surface area contributed by atoms with Crippen molar-refractivity contribution in [1.82, 2.24) is 0 Å². The van der Waals surface area contributed by atoms with E-state index in [1.54, 1.807) is 6.08 Å². The van der Waals surface area contributed by atoms with E-state index < -0.39 is 97.5 Å². The van der Waals surface area contributed by atoms with E-state index in [0.29, 0.717) is 25.7 Å². The third kappa shape index (κ3) is 73.3. The lowest BCUT2D eigenvalue weighted by Crippen LogP contribution is -2.30. The first kappa shape index (κ1) is 96.9. The molecule has 0 aliphatic heterocycles. The number of unbranched alkanes of at least 4 members (excludes halogenated alkanes) is 23. The van der Waals surface area contributed by atoms with Crippen molar-refractivity contribution in [1.29, 1.82) is 0 Å². The lowest BCUT2D eigenvalue weighted by Gasteiger charge is -2.21. The van der Waals surface area contributed by atoms with E-state index >= 15 is 0 Å². The smallest absolute Gasteiger partial charge is 0.462 e. The van der Waals surface area contributed by atoms with Crippen molar-refractivity contribution in [2.75, 3.05) is 39.6 Å². The summed E-state index contributed by atoms with van der Waals surface area (Å²) < 4.78 is 68.4. The van der Waals surface area contributed by atoms with Crippen molar-refractivity contribution in [3.63, 3.8) is 0 Å². The molecule has 0 aliphatic rings. The quantitative estimate of drug-likeness (QED) is 0.0169. The molecule has 5 unspecified atom stereocenters. The van der Waals surface area contributed by atoms with Crippen LogP contribution in [0.5, 0.6) is 0 Å². The minimum absolute atomic E-state index is 0.0637. The summed E-state index contributed by atoms with van der Waals surface area (Å²) in [4.78, 5) is 72.9. The van der Waals surface area contributed by atoms with E-state index in [2.05, 4.69) is 149 Å². The van der Waals surface area contributed by atoms with Gasteiger partial charge in [-0.2, -0.15) is 0 Å². The average Bonchev–Trinajstić information content (AvgIpc) is 0.926. The van der Waals surface area contributed by atoms with Gasteiger partial charge in [0.25, 0.3) is 0 Å². The van der Waals surface area contributed by atoms with Crippen molar-refractivity contribution in [2.45, 2.75) is 316 Å². The third-order valence-electron chi connectivity index (χ3n) is 15.8. The van der Waals surface area contributed by atoms with E-state index in [1.807, 2.05) is 18.2 Å². The first-order chi connectivity index (χ1) is 49.7. The van der Waals surface area contributed by atoms with Gasteiger partial charge in [0.05, 0.1) is 32.8 Å². The molecule has 0 heterocycles. The van der Waals surface area contributed by atoms with Gasteiger partial charge in [0.15, 0.2) is 12.2 Å². The van der Waals surface area contributed by atoms with E-state index in [-0.39, 0.29) is 25.7 Å². The Labute approximate surface area is 617 Å². The molecule has 582 valence electrons. The molecule has 5 atom stereocenters. The first-order valence-corrected chi connectivity index (χ1v) is 42.1. The maximum Gasteiger partial charge on any atom is 0.472 e. The normalized spacial score (nSPS) is 14.7. The minimum atomic E-state index is -5.00. The second-order valence-electron chi connectivity index (χ2n) is 25.5. The van der Waals surface area contributed by atoms with Crippen LogP contribution in [0.2, 0.25) is 0 Å². The molecule has 0 rings (SSSR count). The number of hydrogen-bond acceptors (Lipinski definition) is 15. The number of phosphoric ester groups is 2. The Morgan fingerprint density at radius 1 is 0.294 bits per heavy atom. The molecule has 0 bridgehead atoms. The van der Waals surface area contributed by atoms with Crippen LogP contribution in [0.4, 0.5) is 0 Å². The van der Waals surface area contributed by atoms with Crippen molar-refractivity contribution in [2.24, 2.45) is 0 Å². The van der Waals surface area contributed by atoms with Crippen LogP contribution in [0.25, 0.3) is 0 Å². The van der Waals surface area contributed by atoms with Crippen LogP contribution >= 0.6 is 15.6 Å². The molecule has 0 aromatic rings. The van der Waals surface area contributed by atoms with Gasteiger partial charge in [-0.05, 0) is 122 Å². The molecule has 0 radical (unpaired) electrons. The van der Waals surface area contributed by atoms with Gasteiger partial charge in [-0.3, -0.25) is 37.3 Å². The van der Waals surface area contributed by atoms with Gasteiger partial charge >= 0.3 is 39.5 Å². The molecule has 0 aromatic carbocycles. The highest BCUT2D eigenvalue weighted by atomic mass is 31.2. The van der Waals surface area contributed by atoms with Crippen molar-refractivity contribution < 1.29 is 80.2 Å². The molecule has 0 saturated carbocycles. The standard InChI is InChI=1S/C83H138O17P2/c1-5-9-13-17-21-25-29-33-37-38-42-44-48-52-56-60-64-68-81(86)94-74-79(100-83(88)70-66-62-58-54-50-46-41-36-32-28-24-20-16-12-8-4)76-98-102(91,92)96-72-77(84)71-95-101(89,90)97-75-78(99-82(87)69-65-61-57-53-49-45-40-35-31-27-23-19-15-11-7-3)73-93-80(85)67-63-59-55-51-47-43-39-34-30-26-22-18-14-10-6-2/h9-10,12-14,16,21-22,24-26,28,33-34,36-37,39,41-42,44,47,51,59,63,77-79,84H,5-8,11,15,17-20,23,27,29-32,35,38,40,43,45-46,48-50,52-58,60-62,64-76H2,1-4H3,(H,89,90)(H,91,92)/b13-9-,14-10-,16-12-,25-21-,26-22-,28-24-,37-33-,39-34-,41-36-,44-42-,51-47-,63-59-. The topological polar surface area (TPSA) is 237 Å². The van der Waals surface area contributed by atoms with Gasteiger partial charge in [0.2, 0.25) is 0 Å². The van der Waals surface area contributed by atoms with Gasteiger partial charge in [-0.25, -0.2) is 9.13 Å². The van der Waals surface area contributed by atoms with E-state index in [0.717, 1.165) is 154 Å². The molecule has 0 aromatic heterocycles. The number of carbonyl (C=O) groups excluding carboxylic acids is 4. The maximum absolute atomic E-state index is 13.1. The molecule has 102 heavy (non-hydrogen) atoms. The summed E-state index contributed by atoms with van der Waals surface area (Å²) in [5.74, 6) is -2.37. The van der Waals surface area contributed by atoms with E-state index in [1.165, 1.54) is 64.2 Å². The van der Waals surface area contributed by atoms with Crippen molar-refractivity contribution in [3.8, 4) is 0 Å². The summed E-state index contributed by atoms with van der Waals surface area (Å²) in [6.07, 6.45) is 84.3. The van der Waals surface area contributed by atoms with Gasteiger partial charge < -0.3 is 33.8 Å². The molecule has 17 nitrogen and oxygen atoms in total. The second-order valence-corrected chi connectivity index (χ2v) is 28.4. The Hall–Kier alpha value is -5.06. The number of ether oxygens (including phenoxy) is 4. The van der Waals surface area contributed by atoms with Crippen LogP contribution in [0, 0.1) is 0 Å². The van der Waals surface area contributed by atoms with Crippen molar-refractivity contribution in [3.05, 3.63) is 146 Å². The molecule has 19 heteroatoms. The Kier molecular flexibility index (Phi) is 70.5. The molecular formula is C83H138O17P2. The molecule has 0 amide bonds. The fourth-order valence-corrected chi connectivity index (χ4v) is 11.6. The SMILES string of the molecule is CC/C=C\C/C=C\C/C=C\C/C=C\C/C=C\CC(=O)OCC(COP(=O)(O)OCC(O)COP(=O)(O)OCC(COC(=O)CCCCCC/C=C\C/C=C\C/C=C\C/C=C\CC)OC(=O)CCCCCCC/C=C\C/C=C\C/C=C\CC)OC(=O)CCCCCCCCCCCCCCCCC. The Balaban J connectivity index is 5.46. The monoisotopic (exact) mass is 1470 g/mol. The molecule has 3 N–H and O–H groups in total. The number of rotatable bonds is 72. The number of carbonyl (C=O) groups is 4. The number of aliphatic hydroxyl groups excluding tert-OH is 1. The number of phosphoric acid groups is 2. The highest BCUT2D eigenvalue weighted by Crippen LogP contribution is 2.45. The summed E-state index contributed by atoms with van der Waals surface area (Å²) >= 11 is 0. The zero-order valence-corrected chi connectivity index (χ0v) is 65.3. The van der Waals surface area contributed by atoms with Crippen molar-refractivity contribution >= 4 is 39.5 Å². The molecule has 0 aliphatic carbocycles. The highest BCUT2D eigenvalue weighted by molar-refractivity contribution is 7.47. The number of hydrogen-bond donors (Lipinski definition) is 3. The van der Waals surface area contributed by atoms with Gasteiger partial charge in [0, 0.05) is 19.3 Å². The van der Waals surface area contributed by atoms with Crippen LogP contribution in [-0.4, -0.2) is 96.7 Å². The van der Waals surface area contributed by atoms with Crippen LogP contribution in [0.3, 0.4) is 0 Å². The minimum Gasteiger partial charge on any atom is -0.462 e. The Morgan fingerprint density at radius 2 is 0.549 bits per heavy atom. The summed E-state index contributed by atoms with van der Waals surface area (Å²) in [6, 6.07) is 0. The summed E-state index contributed by atoms with van der Waals surface area (Å²) in [6.45, 7) is 4.38. The number of aliphatic hydroxyl groups is 1. The Bertz CT molecular complexity index is 2510. The second kappa shape index (κ2) is 74.2. The number of esters is 4. The maximum atomic E-state index is 13.1. The molecule has 0 fully saturated rings. The fourth-order valence-electron chi connectivity index (χ4n) is 10.0. The molecule has 0 saturated heterocycles. The third-order valence-corrected chi connectivity index (χ3v) is 17.7. The first-order valence-electron chi connectivity index (χ1n) is 39.1. The zero-order valence-electron chi connectivity index (χ0n) is 63.5. The summed E-state index contributed by atoms with van der Waals surface area (Å²) in [5, 5.41) is 10.6. The largest absolute Gasteiger partial charge is 0.472 e. The van der Waals surface area contributed by atoms with E-state index in [4.69, 9.17) is 37.0 Å². The average molecular weight is 1470 g/mol. The lowest BCUT2D eigenvalue weighted by atomic mass is 10.0. The van der Waals surface area contributed by atoms with Gasteiger partial charge in [-0.15, -0.1) is 0 Å². The number of allylic oxidation sites excluding steroid dienone is 23. The Morgan fingerprint density at radius 3 is 0.873 bits per heavy atom. The predicted octanol–water partition coefficient (Wildman–Crippen LogP) is 22.7. The highest BCUT2D eigenvalue weighted by Gasteiger charge is 2.30. The predicted molar refractivity (Wildman–Crippen MR) is 417 cm³/mol. The van der Waals surface area contributed by atoms with Gasteiger partial charge in [0.1, 0.15) is 19.3 Å². The fraction of sp³-hybridized carbons (Fsp3) is 0.663.